The fraction of sp³-hybridized carbons (Fsp3) is 0.429. The van der Waals surface area contributed by atoms with E-state index in [0.717, 1.165) is 5.56 Å². The highest BCUT2D eigenvalue weighted by Gasteiger charge is 2.17. The molecule has 0 aliphatic heterocycles. The fourth-order valence-corrected chi connectivity index (χ4v) is 1.58. The Hall–Kier alpha value is -1.88. The smallest absolute Gasteiger partial charge is 0.328 e. The van der Waals surface area contributed by atoms with E-state index in [1.807, 2.05) is 6.07 Å². The van der Waals surface area contributed by atoms with Crippen molar-refractivity contribution >= 4 is 11.9 Å². The lowest BCUT2D eigenvalue weighted by atomic mass is 10.1. The van der Waals surface area contributed by atoms with Crippen LogP contribution in [-0.2, 0) is 20.9 Å². The Morgan fingerprint density at radius 2 is 2.11 bits per heavy atom. The van der Waals surface area contributed by atoms with Gasteiger partial charge in [-0.25, -0.2) is 4.79 Å². The quantitative estimate of drug-likeness (QED) is 0.792. The number of hydrogen-bond acceptors (Lipinski definition) is 4. The van der Waals surface area contributed by atoms with Crippen LogP contribution >= 0.6 is 0 Å². The summed E-state index contributed by atoms with van der Waals surface area (Å²) in [6.45, 7) is 4.05. The summed E-state index contributed by atoms with van der Waals surface area (Å²) in [6, 6.07) is 6.40. The van der Waals surface area contributed by atoms with Gasteiger partial charge >= 0.3 is 5.97 Å². The molecule has 1 aromatic carbocycles. The van der Waals surface area contributed by atoms with Crippen LogP contribution in [0.15, 0.2) is 24.3 Å². The highest BCUT2D eigenvalue weighted by atomic mass is 16.5. The van der Waals surface area contributed by atoms with E-state index in [1.54, 1.807) is 39.2 Å². The SMILES string of the molecule is CCOC(=O)C(C)NC(=O)c1cccc(COC)c1. The fourth-order valence-electron chi connectivity index (χ4n) is 1.58. The van der Waals surface area contributed by atoms with Crippen LogP contribution in [0.4, 0.5) is 0 Å². The lowest BCUT2D eigenvalue weighted by Crippen LogP contribution is -2.39. The number of benzene rings is 1. The van der Waals surface area contributed by atoms with Gasteiger partial charge in [0.05, 0.1) is 13.2 Å². The molecule has 104 valence electrons. The maximum atomic E-state index is 12.0. The van der Waals surface area contributed by atoms with Crippen LogP contribution in [-0.4, -0.2) is 31.6 Å². The van der Waals surface area contributed by atoms with E-state index in [1.165, 1.54) is 0 Å². The predicted octanol–water partition coefficient (Wildman–Crippen LogP) is 1.51. The average molecular weight is 265 g/mol. The molecule has 0 heterocycles. The van der Waals surface area contributed by atoms with Crippen molar-refractivity contribution < 1.29 is 19.1 Å². The van der Waals surface area contributed by atoms with Crippen molar-refractivity contribution in [2.45, 2.75) is 26.5 Å². The van der Waals surface area contributed by atoms with Crippen molar-refractivity contribution in [2.24, 2.45) is 0 Å². The lowest BCUT2D eigenvalue weighted by molar-refractivity contribution is -0.144. The van der Waals surface area contributed by atoms with Gasteiger partial charge in [0.15, 0.2) is 0 Å². The first-order chi connectivity index (χ1) is 9.08. The van der Waals surface area contributed by atoms with Gasteiger partial charge in [-0.2, -0.15) is 0 Å². The molecule has 0 aliphatic carbocycles. The molecule has 0 saturated heterocycles. The zero-order valence-corrected chi connectivity index (χ0v) is 11.4. The van der Waals surface area contributed by atoms with Crippen molar-refractivity contribution in [2.75, 3.05) is 13.7 Å². The Morgan fingerprint density at radius 3 is 2.74 bits per heavy atom. The zero-order chi connectivity index (χ0) is 14.3. The minimum absolute atomic E-state index is 0.294. The lowest BCUT2D eigenvalue weighted by Gasteiger charge is -2.13. The normalized spacial score (nSPS) is 11.7. The number of carbonyl (C=O) groups is 2. The monoisotopic (exact) mass is 265 g/mol. The molecular formula is C14H19NO4. The Kier molecular flexibility index (Phi) is 6.02. The van der Waals surface area contributed by atoms with Gasteiger partial charge in [0, 0.05) is 12.7 Å². The van der Waals surface area contributed by atoms with Gasteiger partial charge in [-0.1, -0.05) is 12.1 Å². The Morgan fingerprint density at radius 1 is 1.37 bits per heavy atom. The van der Waals surface area contributed by atoms with Crippen LogP contribution < -0.4 is 5.32 Å². The second-order valence-corrected chi connectivity index (χ2v) is 4.08. The molecular weight excluding hydrogens is 246 g/mol. The summed E-state index contributed by atoms with van der Waals surface area (Å²) in [5.41, 5.74) is 1.39. The zero-order valence-electron chi connectivity index (χ0n) is 11.4. The molecule has 5 nitrogen and oxygen atoms in total. The van der Waals surface area contributed by atoms with E-state index in [-0.39, 0.29) is 5.91 Å². The molecule has 0 saturated carbocycles. The minimum atomic E-state index is -0.668. The molecule has 0 bridgehead atoms. The molecule has 1 unspecified atom stereocenters. The van der Waals surface area contributed by atoms with Gasteiger partial charge in [-0.3, -0.25) is 4.79 Å². The second-order valence-electron chi connectivity index (χ2n) is 4.08. The predicted molar refractivity (Wildman–Crippen MR) is 70.7 cm³/mol. The van der Waals surface area contributed by atoms with Crippen molar-refractivity contribution in [3.05, 3.63) is 35.4 Å². The highest BCUT2D eigenvalue weighted by Crippen LogP contribution is 2.07. The van der Waals surface area contributed by atoms with Crippen molar-refractivity contribution in [3.63, 3.8) is 0 Å². The summed E-state index contributed by atoms with van der Waals surface area (Å²) in [4.78, 5) is 23.4. The largest absolute Gasteiger partial charge is 0.464 e. The van der Waals surface area contributed by atoms with E-state index in [0.29, 0.717) is 18.8 Å². The van der Waals surface area contributed by atoms with Gasteiger partial charge in [0.2, 0.25) is 0 Å². The number of rotatable bonds is 6. The summed E-state index contributed by atoms with van der Waals surface area (Å²) in [5.74, 6) is -0.748. The van der Waals surface area contributed by atoms with E-state index in [9.17, 15) is 9.59 Å². The number of ether oxygens (including phenoxy) is 2. The molecule has 1 amide bonds. The minimum Gasteiger partial charge on any atom is -0.464 e. The summed E-state index contributed by atoms with van der Waals surface area (Å²) < 4.78 is 9.84. The van der Waals surface area contributed by atoms with Crippen LogP contribution in [0.1, 0.15) is 29.8 Å². The summed E-state index contributed by atoms with van der Waals surface area (Å²) >= 11 is 0. The Balaban J connectivity index is 2.67. The van der Waals surface area contributed by atoms with Crippen LogP contribution in [0.25, 0.3) is 0 Å². The first kappa shape index (κ1) is 15.2. The number of amides is 1. The van der Waals surface area contributed by atoms with E-state index >= 15 is 0 Å². The van der Waals surface area contributed by atoms with Crippen molar-refractivity contribution in [1.29, 1.82) is 0 Å². The molecule has 0 radical (unpaired) electrons. The molecule has 0 aliphatic rings. The number of carbonyl (C=O) groups excluding carboxylic acids is 2. The first-order valence-electron chi connectivity index (χ1n) is 6.13. The van der Waals surface area contributed by atoms with Gasteiger partial charge < -0.3 is 14.8 Å². The van der Waals surface area contributed by atoms with Crippen LogP contribution in [0.2, 0.25) is 0 Å². The van der Waals surface area contributed by atoms with Gasteiger partial charge in [0.25, 0.3) is 5.91 Å². The third-order valence-electron chi connectivity index (χ3n) is 2.49. The summed E-state index contributed by atoms with van der Waals surface area (Å²) in [7, 11) is 1.59. The maximum absolute atomic E-state index is 12.0. The summed E-state index contributed by atoms with van der Waals surface area (Å²) in [6.07, 6.45) is 0. The van der Waals surface area contributed by atoms with E-state index in [4.69, 9.17) is 9.47 Å². The topological polar surface area (TPSA) is 64.6 Å². The maximum Gasteiger partial charge on any atom is 0.328 e. The van der Waals surface area contributed by atoms with Gasteiger partial charge in [-0.05, 0) is 31.5 Å². The summed E-state index contributed by atoms with van der Waals surface area (Å²) in [5, 5.41) is 2.60. The molecule has 1 rings (SSSR count). The Labute approximate surface area is 112 Å². The molecule has 19 heavy (non-hydrogen) atoms. The number of esters is 1. The standard InChI is InChI=1S/C14H19NO4/c1-4-19-14(17)10(2)15-13(16)12-7-5-6-11(8-12)9-18-3/h5-8,10H,4,9H2,1-3H3,(H,15,16). The third kappa shape index (κ3) is 4.71. The average Bonchev–Trinajstić information content (AvgIpc) is 2.39. The highest BCUT2D eigenvalue weighted by molar-refractivity contribution is 5.96. The van der Waals surface area contributed by atoms with Crippen molar-refractivity contribution in [1.82, 2.24) is 5.32 Å². The molecule has 0 spiro atoms. The second kappa shape index (κ2) is 7.53. The molecule has 1 aromatic rings. The van der Waals surface area contributed by atoms with Crippen LogP contribution in [0.5, 0.6) is 0 Å². The third-order valence-corrected chi connectivity index (χ3v) is 2.49. The van der Waals surface area contributed by atoms with Gasteiger partial charge in [0.1, 0.15) is 6.04 Å². The van der Waals surface area contributed by atoms with Crippen molar-refractivity contribution in [3.8, 4) is 0 Å². The number of nitrogens with one attached hydrogen (secondary N) is 1. The van der Waals surface area contributed by atoms with Crippen LogP contribution in [0, 0.1) is 0 Å². The Bertz CT molecular complexity index is 445. The molecule has 1 atom stereocenters. The molecule has 1 N–H and O–H groups in total. The van der Waals surface area contributed by atoms with Gasteiger partial charge in [-0.15, -0.1) is 0 Å². The number of methoxy groups -OCH3 is 1. The van der Waals surface area contributed by atoms with Crippen LogP contribution in [0.3, 0.4) is 0 Å². The molecule has 0 fully saturated rings. The van der Waals surface area contributed by atoms with E-state index < -0.39 is 12.0 Å². The molecule has 5 heteroatoms. The first-order valence-corrected chi connectivity index (χ1v) is 6.13. The number of hydrogen-bond donors (Lipinski definition) is 1. The van der Waals surface area contributed by atoms with E-state index in [2.05, 4.69) is 5.32 Å². The molecule has 0 aromatic heterocycles.